The zero-order valence-electron chi connectivity index (χ0n) is 18.3. The van der Waals surface area contributed by atoms with Gasteiger partial charge in [0, 0.05) is 25.4 Å². The summed E-state index contributed by atoms with van der Waals surface area (Å²) in [5, 5.41) is 9.23. The Morgan fingerprint density at radius 2 is 1.79 bits per heavy atom. The van der Waals surface area contributed by atoms with Gasteiger partial charge >= 0.3 is 0 Å². The first-order chi connectivity index (χ1) is 16.2. The molecule has 0 aromatic heterocycles. The topological polar surface area (TPSA) is 86.7 Å². The zero-order valence-corrected chi connectivity index (χ0v) is 18.3. The molecule has 3 aliphatic heterocycles. The highest BCUT2D eigenvalue weighted by Crippen LogP contribution is 2.38. The first-order valence-electron chi connectivity index (χ1n) is 11.1. The molecule has 3 aliphatic rings. The quantitative estimate of drug-likeness (QED) is 0.720. The number of carbonyl (C=O) groups excluding carboxylic acids is 1. The van der Waals surface area contributed by atoms with Crippen LogP contribution in [0.2, 0.25) is 0 Å². The number of benzene rings is 2. The normalized spacial score (nSPS) is 22.0. The minimum atomic E-state index is -0.581. The van der Waals surface area contributed by atoms with E-state index in [-0.39, 0.29) is 25.2 Å². The number of hydrogen-bond donors (Lipinski definition) is 1. The van der Waals surface area contributed by atoms with Crippen molar-refractivity contribution < 1.29 is 33.6 Å². The smallest absolute Gasteiger partial charge is 0.288 e. The van der Waals surface area contributed by atoms with E-state index in [2.05, 4.69) is 0 Å². The molecule has 0 radical (unpaired) electrons. The number of aliphatic hydroxyl groups is 1. The Bertz CT molecular complexity index is 1010. The van der Waals surface area contributed by atoms with Gasteiger partial charge in [-0.2, -0.15) is 0 Å². The van der Waals surface area contributed by atoms with Gasteiger partial charge in [0.2, 0.25) is 13.1 Å². The summed E-state index contributed by atoms with van der Waals surface area (Å²) >= 11 is 0. The summed E-state index contributed by atoms with van der Waals surface area (Å²) in [6.07, 6.45) is 1.86. The molecule has 0 aliphatic carbocycles. The molecule has 0 saturated carbocycles. The number of ether oxygens (including phenoxy) is 5. The van der Waals surface area contributed by atoms with E-state index in [9.17, 15) is 9.90 Å². The number of carbonyl (C=O) groups is 1. The van der Waals surface area contributed by atoms with Gasteiger partial charge in [-0.3, -0.25) is 4.79 Å². The number of fused-ring (bicyclic) bond motifs is 1. The number of aliphatic hydroxyl groups excluding tert-OH is 1. The van der Waals surface area contributed by atoms with Crippen LogP contribution in [-0.2, 0) is 32.2 Å². The summed E-state index contributed by atoms with van der Waals surface area (Å²) in [7, 11) is 0. The second kappa shape index (κ2) is 9.82. The number of hydrogen-bond acceptors (Lipinski definition) is 7. The molecule has 0 unspecified atom stereocenters. The Morgan fingerprint density at radius 3 is 2.58 bits per heavy atom. The van der Waals surface area contributed by atoms with Gasteiger partial charge in [0.25, 0.3) is 5.91 Å². The van der Waals surface area contributed by atoms with Crippen molar-refractivity contribution in [2.75, 3.05) is 33.1 Å². The number of allylic oxidation sites excluding steroid dienone is 1. The highest BCUT2D eigenvalue weighted by molar-refractivity contribution is 5.91. The molecule has 2 aromatic rings. The van der Waals surface area contributed by atoms with Gasteiger partial charge in [-0.25, -0.2) is 0 Å². The fourth-order valence-electron chi connectivity index (χ4n) is 4.14. The monoisotopic (exact) mass is 453 g/mol. The van der Waals surface area contributed by atoms with Crippen molar-refractivity contribution >= 4 is 5.91 Å². The molecule has 8 heteroatoms. The van der Waals surface area contributed by atoms with Crippen molar-refractivity contribution in [2.45, 2.75) is 31.8 Å². The van der Waals surface area contributed by atoms with Crippen LogP contribution >= 0.6 is 0 Å². The van der Waals surface area contributed by atoms with Gasteiger partial charge in [-0.15, -0.1) is 0 Å². The van der Waals surface area contributed by atoms with Crippen LogP contribution in [0.4, 0.5) is 0 Å². The molecular weight excluding hydrogens is 426 g/mol. The molecule has 3 heterocycles. The van der Waals surface area contributed by atoms with Gasteiger partial charge in [-0.05, 0) is 34.9 Å². The van der Waals surface area contributed by atoms with Crippen LogP contribution in [-0.4, -0.2) is 55.3 Å². The van der Waals surface area contributed by atoms with Gasteiger partial charge in [0.05, 0.1) is 26.4 Å². The van der Waals surface area contributed by atoms with Crippen LogP contribution in [0.3, 0.4) is 0 Å². The van der Waals surface area contributed by atoms with E-state index in [1.807, 2.05) is 48.5 Å². The maximum Gasteiger partial charge on any atom is 0.288 e. The van der Waals surface area contributed by atoms with Crippen molar-refractivity contribution in [3.63, 3.8) is 0 Å². The number of morpholine rings is 1. The van der Waals surface area contributed by atoms with E-state index >= 15 is 0 Å². The van der Waals surface area contributed by atoms with E-state index in [0.29, 0.717) is 50.8 Å². The fraction of sp³-hybridized carbons (Fsp3) is 0.400. The predicted octanol–water partition coefficient (Wildman–Crippen LogP) is 2.70. The molecule has 5 rings (SSSR count). The molecule has 33 heavy (non-hydrogen) atoms. The number of amides is 1. The second-order valence-corrected chi connectivity index (χ2v) is 8.22. The fourth-order valence-corrected chi connectivity index (χ4v) is 4.14. The maximum absolute atomic E-state index is 13.2. The van der Waals surface area contributed by atoms with E-state index in [1.54, 1.807) is 4.90 Å². The first-order valence-corrected chi connectivity index (χ1v) is 11.1. The Balaban J connectivity index is 1.34. The highest BCUT2D eigenvalue weighted by Gasteiger charge is 2.32. The average molecular weight is 453 g/mol. The van der Waals surface area contributed by atoms with E-state index in [0.717, 1.165) is 22.4 Å². The molecule has 1 fully saturated rings. The molecule has 0 bridgehead atoms. The van der Waals surface area contributed by atoms with E-state index in [4.69, 9.17) is 23.7 Å². The van der Waals surface area contributed by atoms with Crippen molar-refractivity contribution in [1.82, 2.24) is 4.90 Å². The molecule has 1 amide bonds. The average Bonchev–Trinajstić information content (AvgIpc) is 3.36. The summed E-state index contributed by atoms with van der Waals surface area (Å²) in [5.74, 6) is 1.50. The van der Waals surface area contributed by atoms with Gasteiger partial charge < -0.3 is 33.7 Å². The van der Waals surface area contributed by atoms with Gasteiger partial charge in [-0.1, -0.05) is 30.3 Å². The molecule has 1 saturated heterocycles. The summed E-state index contributed by atoms with van der Waals surface area (Å²) < 4.78 is 28.4. The zero-order chi connectivity index (χ0) is 22.6. The Morgan fingerprint density at radius 1 is 1.03 bits per heavy atom. The first kappa shape index (κ1) is 21.8. The standard InChI is InChI=1S/C25H27NO7/c27-14-17-1-3-18(4-2-17)15-30-24-13-20(19-5-6-21-22(11-19)32-16-31-21)12-23(33-24)25(28)26-7-9-29-10-8-26/h1-6,11-12,20,24,27H,7-10,13-16H2/t20-,24+/m0/s1. The molecule has 2 atom stereocenters. The van der Waals surface area contributed by atoms with Crippen molar-refractivity contribution in [2.24, 2.45) is 0 Å². The maximum atomic E-state index is 13.2. The molecule has 174 valence electrons. The summed E-state index contributed by atoms with van der Waals surface area (Å²) in [4.78, 5) is 14.9. The molecular formula is C25H27NO7. The second-order valence-electron chi connectivity index (χ2n) is 8.22. The van der Waals surface area contributed by atoms with Crippen LogP contribution in [0.1, 0.15) is 29.0 Å². The summed E-state index contributed by atoms with van der Waals surface area (Å²) in [6, 6.07) is 13.4. The minimum Gasteiger partial charge on any atom is -0.459 e. The Labute approximate surface area is 192 Å². The van der Waals surface area contributed by atoms with Crippen LogP contribution in [0.5, 0.6) is 11.5 Å². The largest absolute Gasteiger partial charge is 0.459 e. The predicted molar refractivity (Wildman–Crippen MR) is 117 cm³/mol. The highest BCUT2D eigenvalue weighted by atomic mass is 16.7. The molecule has 2 aromatic carbocycles. The number of nitrogens with zero attached hydrogens (tertiary/aromatic N) is 1. The summed E-state index contributed by atoms with van der Waals surface area (Å²) in [6.45, 7) is 2.67. The third-order valence-electron chi connectivity index (χ3n) is 6.03. The molecule has 0 spiro atoms. The van der Waals surface area contributed by atoms with Crippen molar-refractivity contribution in [3.8, 4) is 11.5 Å². The molecule has 1 N–H and O–H groups in total. The van der Waals surface area contributed by atoms with Crippen molar-refractivity contribution in [1.29, 1.82) is 0 Å². The summed E-state index contributed by atoms with van der Waals surface area (Å²) in [5.41, 5.74) is 2.82. The lowest BCUT2D eigenvalue weighted by atomic mass is 9.92. The third-order valence-corrected chi connectivity index (χ3v) is 6.03. The minimum absolute atomic E-state index is 0.00188. The van der Waals surface area contributed by atoms with E-state index < -0.39 is 6.29 Å². The lowest BCUT2D eigenvalue weighted by Crippen LogP contribution is -2.43. The van der Waals surface area contributed by atoms with Crippen LogP contribution < -0.4 is 9.47 Å². The van der Waals surface area contributed by atoms with Crippen LogP contribution in [0.25, 0.3) is 0 Å². The van der Waals surface area contributed by atoms with Gasteiger partial charge in [0.1, 0.15) is 0 Å². The van der Waals surface area contributed by atoms with E-state index in [1.165, 1.54) is 0 Å². The Kier molecular flexibility index (Phi) is 6.48. The van der Waals surface area contributed by atoms with Crippen LogP contribution in [0, 0.1) is 0 Å². The lowest BCUT2D eigenvalue weighted by molar-refractivity contribution is -0.158. The van der Waals surface area contributed by atoms with Crippen LogP contribution in [0.15, 0.2) is 54.3 Å². The SMILES string of the molecule is O=C(C1=C[C@H](c2ccc3c(c2)OCO3)C[C@H](OCc2ccc(CO)cc2)O1)N1CCOCC1. The lowest BCUT2D eigenvalue weighted by Gasteiger charge is -2.33. The Hall–Kier alpha value is -3.07. The van der Waals surface area contributed by atoms with Gasteiger partial charge in [0.15, 0.2) is 17.3 Å². The third kappa shape index (κ3) is 4.98. The molecule has 8 nitrogen and oxygen atoms in total. The number of rotatable bonds is 6. The van der Waals surface area contributed by atoms with Crippen molar-refractivity contribution in [3.05, 3.63) is 71.0 Å².